The van der Waals surface area contributed by atoms with Crippen LogP contribution in [0.2, 0.25) is 0 Å². The highest BCUT2D eigenvalue weighted by Crippen LogP contribution is 2.13. The molecule has 2 aromatic carbocycles. The first-order valence-corrected chi connectivity index (χ1v) is 8.53. The van der Waals surface area contributed by atoms with Crippen LogP contribution in [0.1, 0.15) is 25.0 Å². The molecule has 0 saturated carbocycles. The van der Waals surface area contributed by atoms with Crippen molar-refractivity contribution in [3.8, 4) is 0 Å². The molecule has 25 heavy (non-hydrogen) atoms. The molecular formula is C20H26N3O2+. The summed E-state index contributed by atoms with van der Waals surface area (Å²) in [6, 6.07) is 15.6. The number of nitrogens with one attached hydrogen (secondary N) is 3. The van der Waals surface area contributed by atoms with Gasteiger partial charge in [0.1, 0.15) is 6.54 Å². The van der Waals surface area contributed by atoms with Crippen molar-refractivity contribution < 1.29 is 14.5 Å². The fourth-order valence-electron chi connectivity index (χ4n) is 2.62. The fraction of sp³-hybridized carbons (Fsp3) is 0.300. The largest absolute Gasteiger partial charge is 0.326 e. The molecule has 0 radical (unpaired) electrons. The van der Waals surface area contributed by atoms with Crippen LogP contribution >= 0.6 is 0 Å². The van der Waals surface area contributed by atoms with Gasteiger partial charge in [-0.05, 0) is 36.2 Å². The normalized spacial score (nSPS) is 11.6. The Hall–Kier alpha value is -2.66. The van der Waals surface area contributed by atoms with Crippen molar-refractivity contribution in [2.24, 2.45) is 0 Å². The SMILES string of the molecule is CCc1ccc(C[NH+](C)CC(=O)Nc2ccc(NC(C)=O)cc2)cc1. The van der Waals surface area contributed by atoms with E-state index < -0.39 is 0 Å². The van der Waals surface area contributed by atoms with Crippen LogP contribution in [0, 0.1) is 0 Å². The van der Waals surface area contributed by atoms with Crippen molar-refractivity contribution in [3.05, 3.63) is 59.7 Å². The van der Waals surface area contributed by atoms with Gasteiger partial charge in [0.2, 0.25) is 5.91 Å². The van der Waals surface area contributed by atoms with Gasteiger partial charge in [-0.1, -0.05) is 31.2 Å². The van der Waals surface area contributed by atoms with E-state index in [4.69, 9.17) is 0 Å². The summed E-state index contributed by atoms with van der Waals surface area (Å²) in [7, 11) is 2.01. The zero-order chi connectivity index (χ0) is 18.2. The highest BCUT2D eigenvalue weighted by Gasteiger charge is 2.11. The summed E-state index contributed by atoms with van der Waals surface area (Å²) in [5.74, 6) is -0.149. The number of hydrogen-bond acceptors (Lipinski definition) is 2. The van der Waals surface area contributed by atoms with Gasteiger partial charge >= 0.3 is 0 Å². The summed E-state index contributed by atoms with van der Waals surface area (Å²) in [6.45, 7) is 4.80. The third-order valence-electron chi connectivity index (χ3n) is 3.89. The van der Waals surface area contributed by atoms with Crippen LogP contribution in [0.25, 0.3) is 0 Å². The van der Waals surface area contributed by atoms with Gasteiger partial charge in [0.15, 0.2) is 6.54 Å². The molecule has 2 amide bonds. The predicted molar refractivity (Wildman–Crippen MR) is 101 cm³/mol. The number of rotatable bonds is 7. The first kappa shape index (κ1) is 18.7. The predicted octanol–water partition coefficient (Wildman–Crippen LogP) is 1.86. The van der Waals surface area contributed by atoms with E-state index in [-0.39, 0.29) is 11.8 Å². The Morgan fingerprint density at radius 1 is 0.880 bits per heavy atom. The van der Waals surface area contributed by atoms with Crippen molar-refractivity contribution in [1.82, 2.24) is 0 Å². The number of benzene rings is 2. The Balaban J connectivity index is 1.83. The minimum absolute atomic E-state index is 0.0324. The Morgan fingerprint density at radius 2 is 1.40 bits per heavy atom. The lowest BCUT2D eigenvalue weighted by molar-refractivity contribution is -0.885. The zero-order valence-electron chi connectivity index (χ0n) is 15.1. The van der Waals surface area contributed by atoms with E-state index in [1.54, 1.807) is 24.3 Å². The fourth-order valence-corrected chi connectivity index (χ4v) is 2.62. The Kier molecular flexibility index (Phi) is 6.71. The molecule has 1 unspecified atom stereocenters. The van der Waals surface area contributed by atoms with Gasteiger partial charge in [0, 0.05) is 23.9 Å². The van der Waals surface area contributed by atoms with E-state index in [0.717, 1.165) is 23.6 Å². The molecule has 0 heterocycles. The molecule has 2 aromatic rings. The van der Waals surface area contributed by atoms with E-state index in [1.165, 1.54) is 18.1 Å². The summed E-state index contributed by atoms with van der Waals surface area (Å²) >= 11 is 0. The van der Waals surface area contributed by atoms with Crippen molar-refractivity contribution in [3.63, 3.8) is 0 Å². The molecule has 0 aliphatic heterocycles. The van der Waals surface area contributed by atoms with E-state index in [0.29, 0.717) is 12.2 Å². The molecule has 3 N–H and O–H groups in total. The summed E-state index contributed by atoms with van der Waals surface area (Å²) in [5.41, 5.74) is 3.98. The van der Waals surface area contributed by atoms with Gasteiger partial charge in [-0.2, -0.15) is 0 Å². The second kappa shape index (κ2) is 8.99. The molecule has 0 bridgehead atoms. The molecule has 132 valence electrons. The van der Waals surface area contributed by atoms with E-state index >= 15 is 0 Å². The third-order valence-corrected chi connectivity index (χ3v) is 3.89. The number of carbonyl (C=O) groups is 2. The van der Waals surface area contributed by atoms with Crippen LogP contribution in [-0.4, -0.2) is 25.4 Å². The van der Waals surface area contributed by atoms with Gasteiger partial charge in [0.05, 0.1) is 7.05 Å². The van der Waals surface area contributed by atoms with Crippen LogP contribution in [0.4, 0.5) is 11.4 Å². The van der Waals surface area contributed by atoms with Crippen molar-refractivity contribution in [2.45, 2.75) is 26.8 Å². The molecule has 1 atom stereocenters. The summed E-state index contributed by atoms with van der Waals surface area (Å²) in [4.78, 5) is 24.3. The van der Waals surface area contributed by atoms with Crippen LogP contribution < -0.4 is 15.5 Å². The highest BCUT2D eigenvalue weighted by molar-refractivity contribution is 5.92. The molecule has 0 fully saturated rings. The second-order valence-electron chi connectivity index (χ2n) is 6.29. The monoisotopic (exact) mass is 340 g/mol. The van der Waals surface area contributed by atoms with Crippen molar-refractivity contribution in [2.75, 3.05) is 24.2 Å². The Bertz CT molecular complexity index is 709. The minimum Gasteiger partial charge on any atom is -0.326 e. The Morgan fingerprint density at radius 3 is 1.92 bits per heavy atom. The number of quaternary nitrogens is 1. The van der Waals surface area contributed by atoms with Crippen LogP contribution in [0.5, 0.6) is 0 Å². The van der Waals surface area contributed by atoms with Crippen molar-refractivity contribution in [1.29, 1.82) is 0 Å². The quantitative estimate of drug-likeness (QED) is 0.720. The third kappa shape index (κ3) is 6.39. The van der Waals surface area contributed by atoms with Gasteiger partial charge in [-0.15, -0.1) is 0 Å². The van der Waals surface area contributed by atoms with Crippen LogP contribution in [-0.2, 0) is 22.6 Å². The van der Waals surface area contributed by atoms with E-state index in [9.17, 15) is 9.59 Å². The Labute approximate surface area is 149 Å². The molecule has 5 heteroatoms. The number of anilines is 2. The molecule has 0 saturated heterocycles. The highest BCUT2D eigenvalue weighted by atomic mass is 16.2. The summed E-state index contributed by atoms with van der Waals surface area (Å²) in [5, 5.41) is 5.58. The van der Waals surface area contributed by atoms with Crippen LogP contribution in [0.15, 0.2) is 48.5 Å². The maximum Gasteiger partial charge on any atom is 0.279 e. The lowest BCUT2D eigenvalue weighted by Crippen LogP contribution is -3.08. The molecule has 2 rings (SSSR count). The molecular weight excluding hydrogens is 314 g/mol. The first-order chi connectivity index (χ1) is 12.0. The maximum atomic E-state index is 12.2. The van der Waals surface area contributed by atoms with Gasteiger partial charge < -0.3 is 15.5 Å². The standard InChI is InChI=1S/C20H25N3O2/c1-4-16-5-7-17(8-6-16)13-23(3)14-20(25)22-19-11-9-18(10-12-19)21-15(2)24/h5-12H,4,13-14H2,1-3H3,(H,21,24)(H,22,25)/p+1. The average Bonchev–Trinajstić information content (AvgIpc) is 2.56. The molecule has 0 aromatic heterocycles. The van der Waals surface area contributed by atoms with E-state index in [2.05, 4.69) is 41.8 Å². The lowest BCUT2D eigenvalue weighted by Gasteiger charge is -2.14. The zero-order valence-corrected chi connectivity index (χ0v) is 15.1. The molecule has 5 nitrogen and oxygen atoms in total. The number of hydrogen-bond donors (Lipinski definition) is 3. The number of amides is 2. The number of carbonyl (C=O) groups excluding carboxylic acids is 2. The van der Waals surface area contributed by atoms with E-state index in [1.807, 2.05) is 7.05 Å². The van der Waals surface area contributed by atoms with Crippen LogP contribution in [0.3, 0.4) is 0 Å². The second-order valence-corrected chi connectivity index (χ2v) is 6.29. The number of likely N-dealkylation sites (N-methyl/N-ethyl adjacent to an activating group) is 1. The van der Waals surface area contributed by atoms with Gasteiger partial charge in [-0.25, -0.2) is 0 Å². The average molecular weight is 340 g/mol. The van der Waals surface area contributed by atoms with Crippen molar-refractivity contribution >= 4 is 23.2 Å². The molecule has 0 aliphatic carbocycles. The minimum atomic E-state index is -0.117. The van der Waals surface area contributed by atoms with Gasteiger partial charge in [-0.3, -0.25) is 9.59 Å². The number of aryl methyl sites for hydroxylation is 1. The smallest absolute Gasteiger partial charge is 0.279 e. The lowest BCUT2D eigenvalue weighted by atomic mass is 10.1. The molecule has 0 aliphatic rings. The topological polar surface area (TPSA) is 62.6 Å². The molecule has 0 spiro atoms. The summed E-state index contributed by atoms with van der Waals surface area (Å²) in [6.07, 6.45) is 1.03. The first-order valence-electron chi connectivity index (χ1n) is 8.53. The van der Waals surface area contributed by atoms with Gasteiger partial charge in [0.25, 0.3) is 5.91 Å². The summed E-state index contributed by atoms with van der Waals surface area (Å²) < 4.78 is 0. The maximum absolute atomic E-state index is 12.2.